The summed E-state index contributed by atoms with van der Waals surface area (Å²) in [5.74, 6) is 1.71. The number of rotatable bonds is 6. The molecule has 0 atom stereocenters. The van der Waals surface area contributed by atoms with Crippen LogP contribution in [0.3, 0.4) is 0 Å². The highest BCUT2D eigenvalue weighted by atomic mass is 35.5. The van der Waals surface area contributed by atoms with E-state index in [1.165, 1.54) is 10.6 Å². The van der Waals surface area contributed by atoms with E-state index in [0.29, 0.717) is 24.4 Å². The van der Waals surface area contributed by atoms with E-state index in [0.717, 1.165) is 11.5 Å². The van der Waals surface area contributed by atoms with Gasteiger partial charge < -0.3 is 15.5 Å². The van der Waals surface area contributed by atoms with Crippen LogP contribution in [0.2, 0.25) is 0 Å². The zero-order valence-corrected chi connectivity index (χ0v) is 14.4. The van der Waals surface area contributed by atoms with Crippen LogP contribution in [0.5, 0.6) is 0 Å². The number of sulfonamides is 1. The molecule has 2 rings (SSSR count). The Morgan fingerprint density at radius 1 is 1.41 bits per heavy atom. The summed E-state index contributed by atoms with van der Waals surface area (Å²) in [6, 6.07) is 1.55. The number of nitrogens with zero attached hydrogens (tertiary/aromatic N) is 1. The maximum absolute atomic E-state index is 12.1. The molecule has 0 unspecified atom stereocenters. The molecule has 0 saturated carbocycles. The normalized spacial score (nSPS) is 16.0. The summed E-state index contributed by atoms with van der Waals surface area (Å²) in [6.45, 7) is 1.38. The number of nitrogens with two attached hydrogens (primary N) is 1. The lowest BCUT2D eigenvalue weighted by Crippen LogP contribution is -2.41. The predicted octanol–water partition coefficient (Wildman–Crippen LogP) is 0.268. The summed E-state index contributed by atoms with van der Waals surface area (Å²) in [4.78, 5) is 11.8. The molecule has 10 heteroatoms. The van der Waals surface area contributed by atoms with E-state index in [1.807, 2.05) is 0 Å². The predicted molar refractivity (Wildman–Crippen MR) is 88.9 cm³/mol. The van der Waals surface area contributed by atoms with Crippen LogP contribution in [-0.4, -0.2) is 55.5 Å². The number of hydrogen-bond donors (Lipinski definition) is 2. The lowest BCUT2D eigenvalue weighted by atomic mass is 10.3. The summed E-state index contributed by atoms with van der Waals surface area (Å²) in [7, 11) is -3.30. The maximum atomic E-state index is 12.1. The lowest BCUT2D eigenvalue weighted by molar-refractivity contribution is 0.0955. The van der Waals surface area contributed by atoms with Gasteiger partial charge in [-0.15, -0.1) is 12.4 Å². The molecular weight excluding hydrogens is 350 g/mol. The molecule has 0 spiro atoms. The lowest BCUT2D eigenvalue weighted by Gasteiger charge is -2.25. The molecule has 1 aliphatic rings. The van der Waals surface area contributed by atoms with Crippen LogP contribution in [0.1, 0.15) is 16.1 Å². The summed E-state index contributed by atoms with van der Waals surface area (Å²) in [5, 5.41) is 2.58. The Morgan fingerprint density at radius 2 is 2.09 bits per heavy atom. The van der Waals surface area contributed by atoms with Crippen molar-refractivity contribution in [2.45, 2.75) is 6.54 Å². The Balaban J connectivity index is 0.00000242. The molecule has 126 valence electrons. The second-order valence-corrected chi connectivity index (χ2v) is 7.90. The highest BCUT2D eigenvalue weighted by molar-refractivity contribution is 7.99. The van der Waals surface area contributed by atoms with Crippen molar-refractivity contribution in [3.05, 3.63) is 23.7 Å². The molecule has 7 nitrogen and oxygen atoms in total. The van der Waals surface area contributed by atoms with Gasteiger partial charge in [0.25, 0.3) is 5.91 Å². The number of carbonyl (C=O) groups excluding carboxylic acids is 1. The van der Waals surface area contributed by atoms with Crippen molar-refractivity contribution in [3.63, 3.8) is 0 Å². The number of amides is 1. The molecule has 0 bridgehead atoms. The first-order valence-corrected chi connectivity index (χ1v) is 9.40. The van der Waals surface area contributed by atoms with Crippen LogP contribution >= 0.6 is 24.2 Å². The van der Waals surface area contributed by atoms with E-state index in [4.69, 9.17) is 10.2 Å². The second kappa shape index (κ2) is 8.78. The molecular formula is C12H20ClN3O4S2. The molecule has 1 saturated heterocycles. The second-order valence-electron chi connectivity index (χ2n) is 4.59. The molecule has 1 aliphatic heterocycles. The van der Waals surface area contributed by atoms with E-state index in [9.17, 15) is 13.2 Å². The van der Waals surface area contributed by atoms with Gasteiger partial charge in [-0.25, -0.2) is 12.7 Å². The summed E-state index contributed by atoms with van der Waals surface area (Å²) >= 11 is 1.75. The first-order chi connectivity index (χ1) is 10.0. The number of furan rings is 1. The number of halogens is 1. The average molecular weight is 370 g/mol. The van der Waals surface area contributed by atoms with Crippen molar-refractivity contribution < 1.29 is 17.6 Å². The minimum Gasteiger partial charge on any atom is -0.467 e. The molecule has 22 heavy (non-hydrogen) atoms. The number of thioether (sulfide) groups is 1. The van der Waals surface area contributed by atoms with Gasteiger partial charge in [0.15, 0.2) is 0 Å². The fourth-order valence-corrected chi connectivity index (χ4v) is 4.45. The summed E-state index contributed by atoms with van der Waals surface area (Å²) in [6.07, 6.45) is 1.31. The van der Waals surface area contributed by atoms with Gasteiger partial charge in [0.05, 0.1) is 17.9 Å². The molecule has 1 aromatic rings. The molecule has 2 heterocycles. The molecule has 1 fully saturated rings. The minimum atomic E-state index is -3.30. The zero-order valence-electron chi connectivity index (χ0n) is 12.0. The third-order valence-electron chi connectivity index (χ3n) is 3.13. The quantitative estimate of drug-likeness (QED) is 0.745. The van der Waals surface area contributed by atoms with E-state index < -0.39 is 10.0 Å². The van der Waals surface area contributed by atoms with Gasteiger partial charge in [-0.3, -0.25) is 4.79 Å². The third kappa shape index (κ3) is 5.17. The van der Waals surface area contributed by atoms with Gasteiger partial charge in [0, 0.05) is 31.1 Å². The Bertz CT molecular complexity index is 585. The van der Waals surface area contributed by atoms with Gasteiger partial charge >= 0.3 is 0 Å². The summed E-state index contributed by atoms with van der Waals surface area (Å²) < 4.78 is 30.7. The Labute approximate surface area is 140 Å². The topological polar surface area (TPSA) is 106 Å². The molecule has 1 aromatic heterocycles. The SMILES string of the molecule is Cl.NCc1cc(C(=O)NCCS(=O)(=O)N2CCSCC2)co1. The number of hydrogen-bond acceptors (Lipinski definition) is 6. The van der Waals surface area contributed by atoms with Crippen LogP contribution in [-0.2, 0) is 16.6 Å². The molecule has 0 radical (unpaired) electrons. The Morgan fingerprint density at radius 3 is 2.68 bits per heavy atom. The van der Waals surface area contributed by atoms with Gasteiger partial charge in [0.1, 0.15) is 12.0 Å². The van der Waals surface area contributed by atoms with Crippen LogP contribution in [0.15, 0.2) is 16.7 Å². The molecule has 3 N–H and O–H groups in total. The van der Waals surface area contributed by atoms with Crippen molar-refractivity contribution in [3.8, 4) is 0 Å². The Kier molecular flexibility index (Phi) is 7.70. The van der Waals surface area contributed by atoms with Crippen molar-refractivity contribution in [2.75, 3.05) is 36.9 Å². The zero-order chi connectivity index (χ0) is 15.3. The Hall–Kier alpha value is -0.740. The summed E-state index contributed by atoms with van der Waals surface area (Å²) in [5.41, 5.74) is 5.74. The molecule has 1 amide bonds. The number of nitrogens with one attached hydrogen (secondary N) is 1. The van der Waals surface area contributed by atoms with Crippen molar-refractivity contribution in [1.29, 1.82) is 0 Å². The van der Waals surface area contributed by atoms with Crippen molar-refractivity contribution >= 4 is 40.1 Å². The highest BCUT2D eigenvalue weighted by Crippen LogP contribution is 2.13. The van der Waals surface area contributed by atoms with E-state index in [-0.39, 0.29) is 37.2 Å². The maximum Gasteiger partial charge on any atom is 0.254 e. The van der Waals surface area contributed by atoms with Gasteiger partial charge in [-0.1, -0.05) is 0 Å². The molecule has 0 aliphatic carbocycles. The van der Waals surface area contributed by atoms with Crippen LogP contribution in [0, 0.1) is 0 Å². The van der Waals surface area contributed by atoms with Gasteiger partial charge in [0.2, 0.25) is 10.0 Å². The smallest absolute Gasteiger partial charge is 0.254 e. The van der Waals surface area contributed by atoms with Crippen LogP contribution in [0.25, 0.3) is 0 Å². The molecule has 0 aromatic carbocycles. The van der Waals surface area contributed by atoms with Crippen LogP contribution < -0.4 is 11.1 Å². The highest BCUT2D eigenvalue weighted by Gasteiger charge is 2.23. The van der Waals surface area contributed by atoms with E-state index in [2.05, 4.69) is 5.32 Å². The van der Waals surface area contributed by atoms with E-state index >= 15 is 0 Å². The minimum absolute atomic E-state index is 0. The van der Waals surface area contributed by atoms with Crippen molar-refractivity contribution in [2.24, 2.45) is 5.73 Å². The average Bonchev–Trinajstić information content (AvgIpc) is 2.97. The fourth-order valence-electron chi connectivity index (χ4n) is 1.96. The van der Waals surface area contributed by atoms with Gasteiger partial charge in [-0.05, 0) is 6.07 Å². The monoisotopic (exact) mass is 369 g/mol. The van der Waals surface area contributed by atoms with E-state index in [1.54, 1.807) is 17.8 Å². The standard InChI is InChI=1S/C12H19N3O4S2.ClH/c13-8-11-7-10(9-19-11)12(16)14-1-6-21(17,18)15-2-4-20-5-3-15;/h7,9H,1-6,8,13H2,(H,14,16);1H. The number of carbonyl (C=O) groups is 1. The third-order valence-corrected chi connectivity index (χ3v) is 5.94. The van der Waals surface area contributed by atoms with Gasteiger partial charge in [-0.2, -0.15) is 11.8 Å². The first-order valence-electron chi connectivity index (χ1n) is 6.64. The first kappa shape index (κ1) is 19.3. The largest absolute Gasteiger partial charge is 0.467 e. The fraction of sp³-hybridized carbons (Fsp3) is 0.583. The van der Waals surface area contributed by atoms with Crippen molar-refractivity contribution in [1.82, 2.24) is 9.62 Å². The van der Waals surface area contributed by atoms with Crippen LogP contribution in [0.4, 0.5) is 0 Å².